The highest BCUT2D eigenvalue weighted by atomic mass is 16.5. The average molecular weight is 324 g/mol. The van der Waals surface area contributed by atoms with E-state index in [0.717, 1.165) is 29.4 Å². The third kappa shape index (κ3) is 3.08. The van der Waals surface area contributed by atoms with Gasteiger partial charge in [0.25, 0.3) is 5.56 Å². The largest absolute Gasteiger partial charge is 0.460 e. The predicted molar refractivity (Wildman–Crippen MR) is 86.5 cm³/mol. The SMILES string of the molecule is O=C(Cc1cc(C2CC2)no1)OCc1cc2ccccc2[nH]c1=O. The van der Waals surface area contributed by atoms with E-state index in [1.54, 1.807) is 6.07 Å². The summed E-state index contributed by atoms with van der Waals surface area (Å²) in [4.78, 5) is 26.7. The van der Waals surface area contributed by atoms with Gasteiger partial charge in [0.05, 0.1) is 11.3 Å². The van der Waals surface area contributed by atoms with Crippen molar-refractivity contribution in [1.29, 1.82) is 0 Å². The van der Waals surface area contributed by atoms with E-state index in [1.165, 1.54) is 0 Å². The van der Waals surface area contributed by atoms with Gasteiger partial charge in [0.1, 0.15) is 18.8 Å². The summed E-state index contributed by atoms with van der Waals surface area (Å²) in [5.41, 5.74) is 1.83. The number of esters is 1. The highest BCUT2D eigenvalue weighted by Crippen LogP contribution is 2.39. The average Bonchev–Trinajstić information content (AvgIpc) is 3.33. The molecule has 3 aromatic rings. The van der Waals surface area contributed by atoms with Crippen LogP contribution in [0.5, 0.6) is 0 Å². The molecule has 0 atom stereocenters. The molecule has 2 aromatic heterocycles. The summed E-state index contributed by atoms with van der Waals surface area (Å²) in [5, 5.41) is 4.86. The van der Waals surface area contributed by atoms with Crippen LogP contribution in [-0.2, 0) is 22.6 Å². The molecule has 1 aromatic carbocycles. The molecule has 6 heteroatoms. The van der Waals surface area contributed by atoms with E-state index in [0.29, 0.717) is 17.2 Å². The number of fused-ring (bicyclic) bond motifs is 1. The Kier molecular flexibility index (Phi) is 3.65. The third-order valence-corrected chi connectivity index (χ3v) is 4.11. The minimum Gasteiger partial charge on any atom is -0.460 e. The zero-order chi connectivity index (χ0) is 16.5. The number of ether oxygens (including phenoxy) is 1. The molecule has 122 valence electrons. The Bertz CT molecular complexity index is 953. The maximum atomic E-state index is 12.0. The lowest BCUT2D eigenvalue weighted by atomic mass is 10.1. The van der Waals surface area contributed by atoms with Gasteiger partial charge in [-0.1, -0.05) is 23.4 Å². The number of carbonyl (C=O) groups excluding carboxylic acids is 1. The molecule has 1 aliphatic carbocycles. The van der Waals surface area contributed by atoms with Crippen LogP contribution >= 0.6 is 0 Å². The fraction of sp³-hybridized carbons (Fsp3) is 0.278. The number of H-pyrrole nitrogens is 1. The second-order valence-electron chi connectivity index (χ2n) is 6.04. The number of nitrogens with zero attached hydrogens (tertiary/aromatic N) is 1. The Morgan fingerprint density at radius 2 is 2.12 bits per heavy atom. The number of para-hydroxylation sites is 1. The van der Waals surface area contributed by atoms with Crippen LogP contribution in [0.25, 0.3) is 10.9 Å². The van der Waals surface area contributed by atoms with Gasteiger partial charge < -0.3 is 14.2 Å². The van der Waals surface area contributed by atoms with Crippen molar-refractivity contribution < 1.29 is 14.1 Å². The van der Waals surface area contributed by atoms with Crippen LogP contribution in [0, 0.1) is 0 Å². The topological polar surface area (TPSA) is 85.2 Å². The number of hydrogen-bond acceptors (Lipinski definition) is 5. The number of aromatic amines is 1. The molecular formula is C18H16N2O4. The van der Waals surface area contributed by atoms with E-state index in [1.807, 2.05) is 30.3 Å². The highest BCUT2D eigenvalue weighted by Gasteiger charge is 2.27. The van der Waals surface area contributed by atoms with Gasteiger partial charge >= 0.3 is 5.97 Å². The highest BCUT2D eigenvalue weighted by molar-refractivity contribution is 5.78. The Morgan fingerprint density at radius 1 is 1.29 bits per heavy atom. The van der Waals surface area contributed by atoms with Crippen LogP contribution in [0.15, 0.2) is 45.7 Å². The summed E-state index contributed by atoms with van der Waals surface area (Å²) in [6, 6.07) is 11.0. The molecule has 1 fully saturated rings. The summed E-state index contributed by atoms with van der Waals surface area (Å²) >= 11 is 0. The molecule has 1 aliphatic rings. The third-order valence-electron chi connectivity index (χ3n) is 4.11. The number of carbonyl (C=O) groups is 1. The molecular weight excluding hydrogens is 308 g/mol. The first-order chi connectivity index (χ1) is 11.7. The first-order valence-corrected chi connectivity index (χ1v) is 7.91. The fourth-order valence-electron chi connectivity index (χ4n) is 2.64. The van der Waals surface area contributed by atoms with Gasteiger partial charge in [0.2, 0.25) is 0 Å². The summed E-state index contributed by atoms with van der Waals surface area (Å²) < 4.78 is 10.4. The molecule has 0 aliphatic heterocycles. The second kappa shape index (κ2) is 5.96. The zero-order valence-electron chi connectivity index (χ0n) is 13.0. The quantitative estimate of drug-likeness (QED) is 0.729. The number of rotatable bonds is 5. The molecule has 2 heterocycles. The lowest BCUT2D eigenvalue weighted by molar-refractivity contribution is -0.144. The van der Waals surface area contributed by atoms with Crippen LogP contribution < -0.4 is 5.56 Å². The molecule has 0 spiro atoms. The minimum absolute atomic E-state index is 0.0191. The van der Waals surface area contributed by atoms with Crippen LogP contribution in [0.1, 0.15) is 35.8 Å². The molecule has 0 radical (unpaired) electrons. The van der Waals surface area contributed by atoms with E-state index in [4.69, 9.17) is 9.26 Å². The molecule has 6 nitrogen and oxygen atoms in total. The molecule has 24 heavy (non-hydrogen) atoms. The normalized spacial score (nSPS) is 14.0. The molecule has 1 saturated carbocycles. The van der Waals surface area contributed by atoms with Crippen molar-refractivity contribution in [3.05, 3.63) is 63.8 Å². The number of benzene rings is 1. The van der Waals surface area contributed by atoms with Crippen LogP contribution in [0.3, 0.4) is 0 Å². The van der Waals surface area contributed by atoms with Crippen molar-refractivity contribution in [1.82, 2.24) is 10.1 Å². The molecule has 0 saturated heterocycles. The standard InChI is InChI=1S/C18H16N2O4/c21-17(9-14-8-16(20-24-14)11-5-6-11)23-10-13-7-12-3-1-2-4-15(12)19-18(13)22/h1-4,7-8,11H,5-6,9-10H2,(H,19,22). The van der Waals surface area contributed by atoms with E-state index >= 15 is 0 Å². The molecule has 0 unspecified atom stereocenters. The summed E-state index contributed by atoms with van der Waals surface area (Å²) in [6.45, 7) is -0.0668. The Hall–Kier alpha value is -2.89. The van der Waals surface area contributed by atoms with E-state index in [-0.39, 0.29) is 18.6 Å². The number of pyridine rings is 1. The predicted octanol–water partition coefficient (Wildman–Crippen LogP) is 2.68. The second-order valence-corrected chi connectivity index (χ2v) is 6.04. The number of hydrogen-bond donors (Lipinski definition) is 1. The van der Waals surface area contributed by atoms with Crippen molar-refractivity contribution >= 4 is 16.9 Å². The maximum absolute atomic E-state index is 12.0. The monoisotopic (exact) mass is 324 g/mol. The van der Waals surface area contributed by atoms with Crippen molar-refractivity contribution in [2.24, 2.45) is 0 Å². The lowest BCUT2D eigenvalue weighted by Gasteiger charge is -2.04. The molecule has 1 N–H and O–H groups in total. The molecule has 0 bridgehead atoms. The first kappa shape index (κ1) is 14.7. The Balaban J connectivity index is 1.41. The Labute approximate surface area is 137 Å². The van der Waals surface area contributed by atoms with Crippen LogP contribution in [0.2, 0.25) is 0 Å². The van der Waals surface area contributed by atoms with Crippen molar-refractivity contribution in [2.75, 3.05) is 0 Å². The van der Waals surface area contributed by atoms with Gasteiger partial charge in [-0.15, -0.1) is 0 Å². The number of nitrogens with one attached hydrogen (secondary N) is 1. The van der Waals surface area contributed by atoms with E-state index < -0.39 is 5.97 Å². The van der Waals surface area contributed by atoms with E-state index in [9.17, 15) is 9.59 Å². The van der Waals surface area contributed by atoms with Gasteiger partial charge in [-0.05, 0) is 30.4 Å². The fourth-order valence-corrected chi connectivity index (χ4v) is 2.64. The van der Waals surface area contributed by atoms with E-state index in [2.05, 4.69) is 10.1 Å². The summed E-state index contributed by atoms with van der Waals surface area (Å²) in [7, 11) is 0. The number of aromatic nitrogens is 2. The van der Waals surface area contributed by atoms with Crippen molar-refractivity contribution in [3.63, 3.8) is 0 Å². The van der Waals surface area contributed by atoms with Gasteiger partial charge in [0, 0.05) is 17.5 Å². The summed E-state index contributed by atoms with van der Waals surface area (Å²) in [5.74, 6) is 0.532. The van der Waals surface area contributed by atoms with Crippen molar-refractivity contribution in [3.8, 4) is 0 Å². The molecule has 4 rings (SSSR count). The van der Waals surface area contributed by atoms with Gasteiger partial charge in [-0.2, -0.15) is 0 Å². The van der Waals surface area contributed by atoms with Crippen LogP contribution in [0.4, 0.5) is 0 Å². The van der Waals surface area contributed by atoms with Gasteiger partial charge in [0.15, 0.2) is 0 Å². The minimum atomic E-state index is -0.443. The smallest absolute Gasteiger partial charge is 0.313 e. The van der Waals surface area contributed by atoms with Crippen LogP contribution in [-0.4, -0.2) is 16.1 Å². The van der Waals surface area contributed by atoms with Gasteiger partial charge in [-0.25, -0.2) is 0 Å². The zero-order valence-corrected chi connectivity index (χ0v) is 13.0. The molecule has 0 amide bonds. The van der Waals surface area contributed by atoms with Gasteiger partial charge in [-0.3, -0.25) is 9.59 Å². The first-order valence-electron chi connectivity index (χ1n) is 7.91. The van der Waals surface area contributed by atoms with Crippen molar-refractivity contribution in [2.45, 2.75) is 31.8 Å². The summed E-state index contributed by atoms with van der Waals surface area (Å²) in [6.07, 6.45) is 2.27. The Morgan fingerprint density at radius 3 is 2.96 bits per heavy atom. The lowest BCUT2D eigenvalue weighted by Crippen LogP contribution is -2.16. The maximum Gasteiger partial charge on any atom is 0.313 e.